The highest BCUT2D eigenvalue weighted by Crippen LogP contribution is 2.26. The maximum Gasteiger partial charge on any atom is 0.255 e. The minimum absolute atomic E-state index is 0.0508. The molecule has 0 saturated carbocycles. The number of aliphatic imine (C=N–C) groups is 1. The van der Waals surface area contributed by atoms with Crippen LogP contribution in [0.15, 0.2) is 33.9 Å². The molecule has 3 rings (SSSR count). The number of amidine groups is 1. The first-order chi connectivity index (χ1) is 10.6. The van der Waals surface area contributed by atoms with Crippen molar-refractivity contribution in [1.29, 1.82) is 0 Å². The first-order valence-corrected chi connectivity index (χ1v) is 8.20. The molecule has 0 unspecified atom stereocenters. The molecule has 1 amide bonds. The number of fused-ring (bicyclic) bond motifs is 1. The van der Waals surface area contributed by atoms with E-state index in [1.165, 1.54) is 0 Å². The SMILES string of the molecule is CCN(C)C(=O)c1cn(CC2=NCCN2)c2cc(Br)ccc12. The van der Waals surface area contributed by atoms with E-state index >= 15 is 0 Å². The standard InChI is InChI=1S/C16H19BrN4O/c1-3-20(2)16(22)13-9-21(10-15-18-6-7-19-15)14-8-11(17)4-5-12(13)14/h4-5,8-9H,3,6-7,10H2,1-2H3,(H,18,19). The van der Waals surface area contributed by atoms with Crippen LogP contribution in [-0.2, 0) is 6.54 Å². The van der Waals surface area contributed by atoms with Crippen LogP contribution in [0.2, 0.25) is 0 Å². The highest BCUT2D eigenvalue weighted by Gasteiger charge is 2.19. The van der Waals surface area contributed by atoms with Crippen LogP contribution in [0, 0.1) is 0 Å². The second-order valence-electron chi connectivity index (χ2n) is 5.41. The van der Waals surface area contributed by atoms with Crippen LogP contribution in [0.1, 0.15) is 17.3 Å². The van der Waals surface area contributed by atoms with Gasteiger partial charge in [-0.15, -0.1) is 0 Å². The molecule has 116 valence electrons. The fraction of sp³-hybridized carbons (Fsp3) is 0.375. The van der Waals surface area contributed by atoms with Gasteiger partial charge in [0.2, 0.25) is 0 Å². The van der Waals surface area contributed by atoms with Crippen LogP contribution >= 0.6 is 15.9 Å². The quantitative estimate of drug-likeness (QED) is 0.908. The van der Waals surface area contributed by atoms with Crippen molar-refractivity contribution in [1.82, 2.24) is 14.8 Å². The van der Waals surface area contributed by atoms with E-state index in [9.17, 15) is 4.79 Å². The Balaban J connectivity index is 2.07. The molecule has 2 heterocycles. The highest BCUT2D eigenvalue weighted by atomic mass is 79.9. The van der Waals surface area contributed by atoms with Crippen molar-refractivity contribution in [2.75, 3.05) is 26.7 Å². The lowest BCUT2D eigenvalue weighted by atomic mass is 10.1. The Hall–Kier alpha value is -1.82. The molecule has 2 aromatic rings. The van der Waals surface area contributed by atoms with Crippen molar-refractivity contribution in [2.45, 2.75) is 13.5 Å². The van der Waals surface area contributed by atoms with Crippen molar-refractivity contribution in [3.8, 4) is 0 Å². The molecule has 1 N–H and O–H groups in total. The number of hydrogen-bond acceptors (Lipinski definition) is 3. The molecule has 0 saturated heterocycles. The molecule has 0 fully saturated rings. The maximum absolute atomic E-state index is 12.6. The van der Waals surface area contributed by atoms with Crippen molar-refractivity contribution < 1.29 is 4.79 Å². The zero-order chi connectivity index (χ0) is 15.7. The minimum Gasteiger partial charge on any atom is -0.370 e. The number of carbonyl (C=O) groups excluding carboxylic acids is 1. The van der Waals surface area contributed by atoms with Crippen molar-refractivity contribution >= 4 is 38.6 Å². The second kappa shape index (κ2) is 6.12. The second-order valence-corrected chi connectivity index (χ2v) is 6.32. The van der Waals surface area contributed by atoms with Crippen molar-refractivity contribution in [3.05, 3.63) is 34.4 Å². The van der Waals surface area contributed by atoms with Gasteiger partial charge in [-0.1, -0.05) is 22.0 Å². The maximum atomic E-state index is 12.6. The first-order valence-electron chi connectivity index (χ1n) is 7.41. The molecule has 1 aliphatic rings. The Morgan fingerprint density at radius 1 is 1.50 bits per heavy atom. The van der Waals surface area contributed by atoms with Gasteiger partial charge >= 0.3 is 0 Å². The Kier molecular flexibility index (Phi) is 4.20. The summed E-state index contributed by atoms with van der Waals surface area (Å²) in [6.45, 7) is 5.04. The molecule has 1 aliphatic heterocycles. The summed E-state index contributed by atoms with van der Waals surface area (Å²) in [7, 11) is 1.83. The average molecular weight is 363 g/mol. The van der Waals surface area contributed by atoms with Crippen LogP contribution in [0.4, 0.5) is 0 Å². The third kappa shape index (κ3) is 2.75. The van der Waals surface area contributed by atoms with E-state index in [0.29, 0.717) is 13.1 Å². The van der Waals surface area contributed by atoms with Crippen molar-refractivity contribution in [3.63, 3.8) is 0 Å². The Morgan fingerprint density at radius 3 is 3.00 bits per heavy atom. The number of amides is 1. The number of halogens is 1. The number of nitrogens with zero attached hydrogens (tertiary/aromatic N) is 3. The van der Waals surface area contributed by atoms with Crippen molar-refractivity contribution in [2.24, 2.45) is 4.99 Å². The van der Waals surface area contributed by atoms with E-state index in [2.05, 4.69) is 30.8 Å². The Labute approximate surface area is 138 Å². The molecule has 1 aromatic carbocycles. The number of nitrogens with one attached hydrogen (secondary N) is 1. The largest absolute Gasteiger partial charge is 0.370 e. The van der Waals surface area contributed by atoms with Gasteiger partial charge in [-0.25, -0.2) is 0 Å². The van der Waals surface area contributed by atoms with Crippen LogP contribution in [0.5, 0.6) is 0 Å². The zero-order valence-electron chi connectivity index (χ0n) is 12.8. The summed E-state index contributed by atoms with van der Waals surface area (Å²) in [6, 6.07) is 6.02. The average Bonchev–Trinajstić information content (AvgIpc) is 3.14. The summed E-state index contributed by atoms with van der Waals surface area (Å²) in [4.78, 5) is 18.8. The predicted molar refractivity (Wildman–Crippen MR) is 92.6 cm³/mol. The van der Waals surface area contributed by atoms with E-state index in [1.807, 2.05) is 38.4 Å². The number of carbonyl (C=O) groups is 1. The lowest BCUT2D eigenvalue weighted by molar-refractivity contribution is 0.0804. The van der Waals surface area contributed by atoms with E-state index in [0.717, 1.165) is 39.9 Å². The molecule has 0 spiro atoms. The number of hydrogen-bond donors (Lipinski definition) is 1. The third-order valence-corrected chi connectivity index (χ3v) is 4.45. The highest BCUT2D eigenvalue weighted by molar-refractivity contribution is 9.10. The lowest BCUT2D eigenvalue weighted by Crippen LogP contribution is -2.26. The molecule has 6 heteroatoms. The summed E-state index contributed by atoms with van der Waals surface area (Å²) in [5.41, 5.74) is 1.78. The van der Waals surface area contributed by atoms with Crippen LogP contribution in [0.3, 0.4) is 0 Å². The van der Waals surface area contributed by atoms with E-state index in [-0.39, 0.29) is 5.91 Å². The fourth-order valence-electron chi connectivity index (χ4n) is 2.63. The lowest BCUT2D eigenvalue weighted by Gasteiger charge is -2.13. The van der Waals surface area contributed by atoms with Gasteiger partial charge in [0.25, 0.3) is 5.91 Å². The summed E-state index contributed by atoms with van der Waals surface area (Å²) < 4.78 is 3.09. The van der Waals surface area contributed by atoms with Gasteiger partial charge < -0.3 is 14.8 Å². The van der Waals surface area contributed by atoms with Crippen LogP contribution in [-0.4, -0.2) is 47.9 Å². The van der Waals surface area contributed by atoms with Gasteiger partial charge in [0.1, 0.15) is 5.84 Å². The van der Waals surface area contributed by atoms with E-state index in [1.54, 1.807) is 4.90 Å². The number of rotatable bonds is 4. The normalized spacial score (nSPS) is 14.0. The molecule has 0 radical (unpaired) electrons. The molecule has 0 bridgehead atoms. The topological polar surface area (TPSA) is 49.6 Å². The zero-order valence-corrected chi connectivity index (χ0v) is 14.4. The molecular weight excluding hydrogens is 344 g/mol. The summed E-state index contributed by atoms with van der Waals surface area (Å²) in [5, 5.41) is 4.26. The molecule has 5 nitrogen and oxygen atoms in total. The summed E-state index contributed by atoms with van der Waals surface area (Å²) in [5.74, 6) is 1.02. The predicted octanol–water partition coefficient (Wildman–Crippen LogP) is 2.50. The third-order valence-electron chi connectivity index (χ3n) is 3.96. The minimum atomic E-state index is 0.0508. The monoisotopic (exact) mass is 362 g/mol. The number of benzene rings is 1. The number of aromatic nitrogens is 1. The molecule has 22 heavy (non-hydrogen) atoms. The summed E-state index contributed by atoms with van der Waals surface area (Å²) >= 11 is 3.51. The van der Waals surface area contributed by atoms with Gasteiger partial charge in [0.05, 0.1) is 24.2 Å². The van der Waals surface area contributed by atoms with E-state index < -0.39 is 0 Å². The molecule has 1 aromatic heterocycles. The van der Waals surface area contributed by atoms with Crippen LogP contribution in [0.25, 0.3) is 10.9 Å². The molecular formula is C16H19BrN4O. The van der Waals surface area contributed by atoms with Gasteiger partial charge in [0, 0.05) is 36.2 Å². The van der Waals surface area contributed by atoms with Gasteiger partial charge in [-0.05, 0) is 19.1 Å². The van der Waals surface area contributed by atoms with E-state index in [4.69, 9.17) is 0 Å². The Bertz CT molecular complexity index is 750. The fourth-order valence-corrected chi connectivity index (χ4v) is 2.98. The Morgan fingerprint density at radius 2 is 2.32 bits per heavy atom. The van der Waals surface area contributed by atoms with Crippen LogP contribution < -0.4 is 5.32 Å². The van der Waals surface area contributed by atoms with Gasteiger partial charge in [-0.2, -0.15) is 0 Å². The van der Waals surface area contributed by atoms with Gasteiger partial charge in [-0.3, -0.25) is 9.79 Å². The summed E-state index contributed by atoms with van der Waals surface area (Å²) in [6.07, 6.45) is 1.94. The molecule has 0 aliphatic carbocycles. The van der Waals surface area contributed by atoms with Gasteiger partial charge in [0.15, 0.2) is 0 Å². The smallest absolute Gasteiger partial charge is 0.255 e. The first kappa shape index (κ1) is 15.1. The molecule has 0 atom stereocenters.